The van der Waals surface area contributed by atoms with Gasteiger partial charge in [-0.1, -0.05) is 33.6 Å². The van der Waals surface area contributed by atoms with Gasteiger partial charge in [-0.25, -0.2) is 0 Å². The lowest BCUT2D eigenvalue weighted by molar-refractivity contribution is -0.140. The number of hydrogen-bond acceptors (Lipinski definition) is 3. The smallest absolute Gasteiger partial charge is 0.240 e. The van der Waals surface area contributed by atoms with Crippen molar-refractivity contribution in [2.75, 3.05) is 6.54 Å². The summed E-state index contributed by atoms with van der Waals surface area (Å²) in [7, 11) is 0. The van der Waals surface area contributed by atoms with Crippen molar-refractivity contribution in [3.05, 3.63) is 0 Å². The van der Waals surface area contributed by atoms with E-state index in [0.717, 1.165) is 25.7 Å². The SMILES string of the molecule is CC(C)(C)C(N)C(=O)N(CC(N)=O)C1CCCC1. The third kappa shape index (κ3) is 3.70. The normalized spacial score (nSPS) is 18.7. The van der Waals surface area contributed by atoms with Crippen molar-refractivity contribution in [3.63, 3.8) is 0 Å². The number of primary amides is 1. The Kier molecular flexibility index (Phi) is 4.73. The summed E-state index contributed by atoms with van der Waals surface area (Å²) in [6.07, 6.45) is 4.07. The zero-order valence-electron chi connectivity index (χ0n) is 11.6. The van der Waals surface area contributed by atoms with E-state index in [1.165, 1.54) is 0 Å². The lowest BCUT2D eigenvalue weighted by Gasteiger charge is -2.34. The Morgan fingerprint density at radius 2 is 1.78 bits per heavy atom. The highest BCUT2D eigenvalue weighted by Crippen LogP contribution is 2.26. The quantitative estimate of drug-likeness (QED) is 0.771. The van der Waals surface area contributed by atoms with E-state index in [2.05, 4.69) is 0 Å². The van der Waals surface area contributed by atoms with Crippen LogP contribution < -0.4 is 11.5 Å². The van der Waals surface area contributed by atoms with E-state index in [0.29, 0.717) is 0 Å². The summed E-state index contributed by atoms with van der Waals surface area (Å²) < 4.78 is 0. The topological polar surface area (TPSA) is 89.4 Å². The fourth-order valence-corrected chi connectivity index (χ4v) is 2.32. The highest BCUT2D eigenvalue weighted by molar-refractivity contribution is 5.87. The maximum Gasteiger partial charge on any atom is 0.240 e. The summed E-state index contributed by atoms with van der Waals surface area (Å²) in [5.74, 6) is -0.635. The van der Waals surface area contributed by atoms with Gasteiger partial charge in [-0.3, -0.25) is 9.59 Å². The molecule has 18 heavy (non-hydrogen) atoms. The second kappa shape index (κ2) is 5.69. The van der Waals surface area contributed by atoms with Crippen LogP contribution in [0.1, 0.15) is 46.5 Å². The lowest BCUT2D eigenvalue weighted by atomic mass is 9.86. The molecular weight excluding hydrogens is 230 g/mol. The largest absolute Gasteiger partial charge is 0.368 e. The van der Waals surface area contributed by atoms with Gasteiger partial charge in [0.1, 0.15) is 0 Å². The van der Waals surface area contributed by atoms with Crippen LogP contribution in [0.5, 0.6) is 0 Å². The Labute approximate surface area is 109 Å². The number of rotatable bonds is 4. The fraction of sp³-hybridized carbons (Fsp3) is 0.846. The maximum absolute atomic E-state index is 12.4. The van der Waals surface area contributed by atoms with Crippen molar-refractivity contribution in [2.45, 2.75) is 58.5 Å². The second-order valence-electron chi connectivity index (χ2n) is 6.21. The number of carbonyl (C=O) groups is 2. The van der Waals surface area contributed by atoms with Crippen LogP contribution in [0.2, 0.25) is 0 Å². The van der Waals surface area contributed by atoms with Crippen molar-refractivity contribution in [1.82, 2.24) is 4.90 Å². The summed E-state index contributed by atoms with van der Waals surface area (Å²) in [5, 5.41) is 0. The van der Waals surface area contributed by atoms with Crippen LogP contribution in [-0.4, -0.2) is 35.3 Å². The van der Waals surface area contributed by atoms with E-state index in [1.54, 1.807) is 4.90 Å². The molecule has 1 rings (SSSR count). The van der Waals surface area contributed by atoms with E-state index < -0.39 is 11.9 Å². The van der Waals surface area contributed by atoms with Gasteiger partial charge >= 0.3 is 0 Å². The molecule has 1 atom stereocenters. The van der Waals surface area contributed by atoms with Crippen LogP contribution in [0.15, 0.2) is 0 Å². The Hall–Kier alpha value is -1.10. The van der Waals surface area contributed by atoms with Gasteiger partial charge in [-0.15, -0.1) is 0 Å². The Bertz CT molecular complexity index is 317. The molecule has 0 aromatic rings. The van der Waals surface area contributed by atoms with Crippen LogP contribution >= 0.6 is 0 Å². The van der Waals surface area contributed by atoms with Gasteiger partial charge < -0.3 is 16.4 Å². The minimum Gasteiger partial charge on any atom is -0.368 e. The molecule has 0 bridgehead atoms. The number of nitrogens with zero attached hydrogens (tertiary/aromatic N) is 1. The maximum atomic E-state index is 12.4. The number of hydrogen-bond donors (Lipinski definition) is 2. The third-order valence-electron chi connectivity index (χ3n) is 3.57. The summed E-state index contributed by atoms with van der Waals surface area (Å²) >= 11 is 0. The van der Waals surface area contributed by atoms with Crippen molar-refractivity contribution < 1.29 is 9.59 Å². The van der Waals surface area contributed by atoms with Gasteiger partial charge in [0.15, 0.2) is 0 Å². The van der Waals surface area contributed by atoms with E-state index in [4.69, 9.17) is 11.5 Å². The Morgan fingerprint density at radius 3 is 2.17 bits per heavy atom. The van der Waals surface area contributed by atoms with Gasteiger partial charge in [0, 0.05) is 6.04 Å². The van der Waals surface area contributed by atoms with E-state index in [1.807, 2.05) is 20.8 Å². The van der Waals surface area contributed by atoms with Crippen LogP contribution in [-0.2, 0) is 9.59 Å². The Morgan fingerprint density at radius 1 is 1.28 bits per heavy atom. The molecule has 5 heteroatoms. The molecule has 2 amide bonds. The highest BCUT2D eigenvalue weighted by Gasteiger charge is 2.35. The number of carbonyl (C=O) groups excluding carboxylic acids is 2. The van der Waals surface area contributed by atoms with Gasteiger partial charge in [-0.05, 0) is 18.3 Å². The van der Waals surface area contributed by atoms with E-state index >= 15 is 0 Å². The highest BCUT2D eigenvalue weighted by atomic mass is 16.2. The summed E-state index contributed by atoms with van der Waals surface area (Å²) in [4.78, 5) is 25.1. The summed E-state index contributed by atoms with van der Waals surface area (Å²) in [6, 6.07) is -0.476. The van der Waals surface area contributed by atoms with Gasteiger partial charge in [0.2, 0.25) is 11.8 Å². The molecule has 1 saturated carbocycles. The fourth-order valence-electron chi connectivity index (χ4n) is 2.32. The second-order valence-corrected chi connectivity index (χ2v) is 6.21. The van der Waals surface area contributed by atoms with Crippen LogP contribution in [0.4, 0.5) is 0 Å². The molecule has 0 aromatic heterocycles. The molecule has 0 radical (unpaired) electrons. The molecule has 1 fully saturated rings. The average molecular weight is 255 g/mol. The molecule has 0 spiro atoms. The van der Waals surface area contributed by atoms with Crippen molar-refractivity contribution in [1.29, 1.82) is 0 Å². The molecule has 0 aromatic carbocycles. The summed E-state index contributed by atoms with van der Waals surface area (Å²) in [6.45, 7) is 5.75. The zero-order valence-corrected chi connectivity index (χ0v) is 11.6. The van der Waals surface area contributed by atoms with E-state index in [-0.39, 0.29) is 23.9 Å². The lowest BCUT2D eigenvalue weighted by Crippen LogP contribution is -2.55. The van der Waals surface area contributed by atoms with Gasteiger partial charge in [0.25, 0.3) is 0 Å². The molecule has 0 aliphatic heterocycles. The van der Waals surface area contributed by atoms with Gasteiger partial charge in [-0.2, -0.15) is 0 Å². The van der Waals surface area contributed by atoms with Crippen LogP contribution in [0, 0.1) is 5.41 Å². The average Bonchev–Trinajstić information content (AvgIpc) is 2.75. The molecule has 5 nitrogen and oxygen atoms in total. The monoisotopic (exact) mass is 255 g/mol. The van der Waals surface area contributed by atoms with Crippen molar-refractivity contribution >= 4 is 11.8 Å². The third-order valence-corrected chi connectivity index (χ3v) is 3.57. The minimum atomic E-state index is -0.600. The zero-order chi connectivity index (χ0) is 13.9. The summed E-state index contributed by atoms with van der Waals surface area (Å²) in [5.41, 5.74) is 10.9. The molecule has 0 saturated heterocycles. The number of nitrogens with two attached hydrogens (primary N) is 2. The first-order valence-electron chi connectivity index (χ1n) is 6.58. The molecule has 1 aliphatic rings. The molecule has 104 valence electrons. The standard InChI is InChI=1S/C13H25N3O2/c1-13(2,3)11(15)12(18)16(8-10(14)17)9-6-4-5-7-9/h9,11H,4-8,15H2,1-3H3,(H2,14,17). The molecule has 1 unspecified atom stereocenters. The molecule has 4 N–H and O–H groups in total. The predicted octanol–water partition coefficient (Wildman–Crippen LogP) is 0.616. The molecular formula is C13H25N3O2. The minimum absolute atomic E-state index is 0.0206. The van der Waals surface area contributed by atoms with Crippen LogP contribution in [0.25, 0.3) is 0 Å². The molecule has 1 aliphatic carbocycles. The van der Waals surface area contributed by atoms with Crippen LogP contribution in [0.3, 0.4) is 0 Å². The first-order valence-corrected chi connectivity index (χ1v) is 6.58. The number of amides is 2. The van der Waals surface area contributed by atoms with E-state index in [9.17, 15) is 9.59 Å². The first kappa shape index (κ1) is 15.0. The van der Waals surface area contributed by atoms with Gasteiger partial charge in [0.05, 0.1) is 12.6 Å². The predicted molar refractivity (Wildman–Crippen MR) is 70.6 cm³/mol. The van der Waals surface area contributed by atoms with Crippen molar-refractivity contribution in [2.24, 2.45) is 16.9 Å². The first-order chi connectivity index (χ1) is 8.23. The molecule has 0 heterocycles. The van der Waals surface area contributed by atoms with Crippen molar-refractivity contribution in [3.8, 4) is 0 Å². The Balaban J connectivity index is 2.81.